The summed E-state index contributed by atoms with van der Waals surface area (Å²) in [6.45, 7) is -0.486. The number of amides is 1. The Labute approximate surface area is 143 Å². The van der Waals surface area contributed by atoms with E-state index in [1.54, 1.807) is 0 Å². The number of rotatable bonds is 3. The van der Waals surface area contributed by atoms with E-state index in [1.807, 2.05) is 0 Å². The number of anilines is 1. The van der Waals surface area contributed by atoms with Crippen LogP contribution in [0.1, 0.15) is 11.1 Å². The molecule has 26 heavy (non-hydrogen) atoms. The molecule has 0 atom stereocenters. The number of alkyl halides is 5. The van der Waals surface area contributed by atoms with Crippen molar-refractivity contribution in [2.45, 2.75) is 25.3 Å². The number of nitrogens with zero attached hydrogens (tertiary/aromatic N) is 2. The maximum absolute atomic E-state index is 13.9. The van der Waals surface area contributed by atoms with Crippen LogP contribution in [0, 0.1) is 5.95 Å². The van der Waals surface area contributed by atoms with Crippen molar-refractivity contribution in [1.82, 2.24) is 4.98 Å². The van der Waals surface area contributed by atoms with E-state index >= 15 is 0 Å². The van der Waals surface area contributed by atoms with Crippen molar-refractivity contribution in [2.24, 2.45) is 0 Å². The fraction of sp³-hybridized carbons (Fsp3) is 0.250. The van der Waals surface area contributed by atoms with Gasteiger partial charge in [-0.1, -0.05) is 12.1 Å². The topological polar surface area (TPSA) is 42.4 Å². The number of aromatic nitrogens is 1. The van der Waals surface area contributed by atoms with Crippen LogP contribution in [0.2, 0.25) is 0 Å². The van der Waals surface area contributed by atoms with E-state index in [9.17, 15) is 31.1 Å². The van der Waals surface area contributed by atoms with E-state index in [4.69, 9.17) is 0 Å². The summed E-state index contributed by atoms with van der Waals surface area (Å²) in [6.07, 6.45) is -9.43. The minimum Gasteiger partial charge on any atom is -0.423 e. The van der Waals surface area contributed by atoms with Crippen LogP contribution in [0.25, 0.3) is 0 Å². The number of carbonyl (C=O) groups is 1. The molecule has 0 unspecified atom stereocenters. The molecule has 138 valence electrons. The molecule has 0 aliphatic carbocycles. The molecule has 10 heteroatoms. The Morgan fingerprint density at radius 2 is 1.92 bits per heavy atom. The van der Waals surface area contributed by atoms with E-state index in [2.05, 4.69) is 9.72 Å². The van der Waals surface area contributed by atoms with Gasteiger partial charge in [0, 0.05) is 11.8 Å². The van der Waals surface area contributed by atoms with Crippen molar-refractivity contribution in [3.63, 3.8) is 0 Å². The molecule has 0 bridgehead atoms. The number of hydrogen-bond acceptors (Lipinski definition) is 3. The summed E-state index contributed by atoms with van der Waals surface area (Å²) in [7, 11) is 0. The summed E-state index contributed by atoms with van der Waals surface area (Å²) in [5.41, 5.74) is -0.649. The Morgan fingerprint density at radius 1 is 1.19 bits per heavy atom. The average molecular weight is 376 g/mol. The Hall–Kier alpha value is -2.78. The summed E-state index contributed by atoms with van der Waals surface area (Å²) in [4.78, 5) is 15.9. The standard InChI is InChI=1S/C16H10F6N2O2/c17-12-6-9(4-5-23-12)8-24-11-3-1-2-10(7-15(18,19)20)13(11)26-16(21,22)14(24)25/h1-6H,7-8H2. The summed E-state index contributed by atoms with van der Waals surface area (Å²) in [5.74, 6) is -3.38. The summed E-state index contributed by atoms with van der Waals surface area (Å²) >= 11 is 0. The highest BCUT2D eigenvalue weighted by atomic mass is 19.4. The number of ether oxygens (including phenoxy) is 1. The van der Waals surface area contributed by atoms with E-state index in [1.165, 1.54) is 18.2 Å². The normalized spacial score (nSPS) is 16.2. The maximum atomic E-state index is 13.9. The number of carbonyl (C=O) groups excluding carboxylic acids is 1. The lowest BCUT2D eigenvalue weighted by atomic mass is 10.1. The van der Waals surface area contributed by atoms with Gasteiger partial charge in [-0.05, 0) is 23.8 Å². The van der Waals surface area contributed by atoms with Gasteiger partial charge in [0.15, 0.2) is 5.75 Å². The van der Waals surface area contributed by atoms with Crippen molar-refractivity contribution in [1.29, 1.82) is 0 Å². The van der Waals surface area contributed by atoms with Crippen LogP contribution >= 0.6 is 0 Å². The van der Waals surface area contributed by atoms with Crippen LogP contribution in [0.15, 0.2) is 36.5 Å². The van der Waals surface area contributed by atoms with Crippen molar-refractivity contribution in [3.05, 3.63) is 53.6 Å². The Bertz CT molecular complexity index is 853. The third kappa shape index (κ3) is 3.58. The number of halogens is 6. The predicted octanol–water partition coefficient (Wildman–Crippen LogP) is 3.84. The van der Waals surface area contributed by atoms with Crippen LogP contribution in [0.4, 0.5) is 32.0 Å². The molecule has 0 N–H and O–H groups in total. The first-order valence-electron chi connectivity index (χ1n) is 7.25. The Kier molecular flexibility index (Phi) is 4.29. The molecule has 0 radical (unpaired) electrons. The zero-order valence-corrected chi connectivity index (χ0v) is 12.9. The highest BCUT2D eigenvalue weighted by Gasteiger charge is 2.51. The molecule has 0 fully saturated rings. The van der Waals surface area contributed by atoms with Gasteiger partial charge in [-0.25, -0.2) is 4.98 Å². The molecule has 3 rings (SSSR count). The molecule has 2 heterocycles. The van der Waals surface area contributed by atoms with Gasteiger partial charge in [0.05, 0.1) is 18.7 Å². The highest BCUT2D eigenvalue weighted by molar-refractivity contribution is 6.01. The fourth-order valence-corrected chi connectivity index (χ4v) is 2.58. The second-order valence-corrected chi connectivity index (χ2v) is 5.55. The van der Waals surface area contributed by atoms with E-state index in [0.717, 1.165) is 18.3 Å². The SMILES string of the molecule is O=C1N(Cc2ccnc(F)c2)c2cccc(CC(F)(F)F)c2OC1(F)F. The van der Waals surface area contributed by atoms with E-state index in [0.29, 0.717) is 4.90 Å². The molecule has 1 aliphatic rings. The van der Waals surface area contributed by atoms with Gasteiger partial charge >= 0.3 is 18.2 Å². The predicted molar refractivity (Wildman–Crippen MR) is 77.2 cm³/mol. The number of para-hydroxylation sites is 1. The molecule has 1 aromatic heterocycles. The first kappa shape index (κ1) is 18.0. The second kappa shape index (κ2) is 6.19. The van der Waals surface area contributed by atoms with Gasteiger partial charge in [0.25, 0.3) is 0 Å². The number of hydrogen-bond donors (Lipinski definition) is 0. The first-order valence-corrected chi connectivity index (χ1v) is 7.25. The third-order valence-corrected chi connectivity index (χ3v) is 3.61. The van der Waals surface area contributed by atoms with Crippen LogP contribution in [0.5, 0.6) is 5.75 Å². The third-order valence-electron chi connectivity index (χ3n) is 3.61. The zero-order chi connectivity index (χ0) is 19.1. The highest BCUT2D eigenvalue weighted by Crippen LogP contribution is 2.43. The summed E-state index contributed by atoms with van der Waals surface area (Å²) < 4.78 is 83.5. The lowest BCUT2D eigenvalue weighted by Crippen LogP contribution is -2.50. The minimum atomic E-state index is -4.66. The molecule has 0 spiro atoms. The monoisotopic (exact) mass is 376 g/mol. The number of pyridine rings is 1. The van der Waals surface area contributed by atoms with Gasteiger partial charge in [0.1, 0.15) is 0 Å². The summed E-state index contributed by atoms with van der Waals surface area (Å²) in [6, 6.07) is 5.59. The number of benzene rings is 1. The Morgan fingerprint density at radius 3 is 2.58 bits per heavy atom. The minimum absolute atomic E-state index is 0.135. The van der Waals surface area contributed by atoms with Crippen LogP contribution < -0.4 is 9.64 Å². The van der Waals surface area contributed by atoms with Crippen LogP contribution in [0.3, 0.4) is 0 Å². The molecule has 0 saturated carbocycles. The largest absolute Gasteiger partial charge is 0.483 e. The molecule has 1 amide bonds. The zero-order valence-electron chi connectivity index (χ0n) is 12.9. The molecular formula is C16H10F6N2O2. The van der Waals surface area contributed by atoms with Crippen molar-refractivity contribution in [3.8, 4) is 5.75 Å². The fourth-order valence-electron chi connectivity index (χ4n) is 2.58. The van der Waals surface area contributed by atoms with Crippen LogP contribution in [-0.4, -0.2) is 23.2 Å². The molecule has 1 aliphatic heterocycles. The van der Waals surface area contributed by atoms with Gasteiger partial charge in [-0.3, -0.25) is 9.69 Å². The van der Waals surface area contributed by atoms with Gasteiger partial charge in [-0.2, -0.15) is 26.3 Å². The lowest BCUT2D eigenvalue weighted by molar-refractivity contribution is -0.193. The van der Waals surface area contributed by atoms with Crippen molar-refractivity contribution in [2.75, 3.05) is 4.90 Å². The smallest absolute Gasteiger partial charge is 0.423 e. The van der Waals surface area contributed by atoms with Crippen LogP contribution in [-0.2, 0) is 17.8 Å². The lowest BCUT2D eigenvalue weighted by Gasteiger charge is -2.34. The first-order chi connectivity index (χ1) is 12.1. The van der Waals surface area contributed by atoms with Gasteiger partial charge < -0.3 is 4.74 Å². The average Bonchev–Trinajstić information content (AvgIpc) is 2.51. The second-order valence-electron chi connectivity index (χ2n) is 5.55. The van der Waals surface area contributed by atoms with Crippen molar-refractivity contribution < 1.29 is 35.9 Å². The van der Waals surface area contributed by atoms with Gasteiger partial charge in [-0.15, -0.1) is 0 Å². The quantitative estimate of drug-likeness (QED) is 0.604. The van der Waals surface area contributed by atoms with E-state index in [-0.39, 0.29) is 11.3 Å². The van der Waals surface area contributed by atoms with Gasteiger partial charge in [0.2, 0.25) is 5.95 Å². The molecular weight excluding hydrogens is 366 g/mol. The number of fused-ring (bicyclic) bond motifs is 1. The molecule has 4 nitrogen and oxygen atoms in total. The summed E-state index contributed by atoms with van der Waals surface area (Å²) in [5, 5.41) is 0. The van der Waals surface area contributed by atoms with E-state index < -0.39 is 48.4 Å². The molecule has 1 aromatic carbocycles. The molecule has 0 saturated heterocycles. The maximum Gasteiger partial charge on any atom is 0.483 e. The van der Waals surface area contributed by atoms with Crippen molar-refractivity contribution >= 4 is 11.6 Å². The molecule has 2 aromatic rings. The Balaban J connectivity index is 2.06.